The zero-order valence-electron chi connectivity index (χ0n) is 30.3. The fourth-order valence-corrected chi connectivity index (χ4v) is 17.0. The second kappa shape index (κ2) is 14.0. The van der Waals surface area contributed by atoms with Crippen LogP contribution in [-0.2, 0) is 10.7 Å². The van der Waals surface area contributed by atoms with Gasteiger partial charge in [-0.05, 0) is 0 Å². The summed E-state index contributed by atoms with van der Waals surface area (Å²) in [6.07, 6.45) is 0. The Labute approximate surface area is 288 Å². The second-order valence-corrected chi connectivity index (χ2v) is 22.9. The van der Waals surface area contributed by atoms with Crippen LogP contribution in [0.5, 0.6) is 5.75 Å². The van der Waals surface area contributed by atoms with Gasteiger partial charge in [-0.2, -0.15) is 0 Å². The molecule has 0 amide bonds. The fourth-order valence-electron chi connectivity index (χ4n) is 7.00. The molecule has 3 nitrogen and oxygen atoms in total. The van der Waals surface area contributed by atoms with Gasteiger partial charge in [-0.3, -0.25) is 0 Å². The Morgan fingerprint density at radius 1 is 0.778 bits per heavy atom. The molecule has 4 rings (SSSR count). The van der Waals surface area contributed by atoms with Crippen molar-refractivity contribution >= 4 is 24.6 Å². The number of allylic oxidation sites excluding steroid dienone is 4. The molecule has 0 bridgehead atoms. The minimum absolute atomic E-state index is 0.0108. The molecule has 45 heavy (non-hydrogen) atoms. The van der Waals surface area contributed by atoms with E-state index in [0.29, 0.717) is 5.92 Å². The second-order valence-electron chi connectivity index (χ2n) is 14.5. The first-order valence-corrected chi connectivity index (χ1v) is 22.2. The van der Waals surface area contributed by atoms with Crippen LogP contribution in [0.4, 0.5) is 11.4 Å². The molecule has 1 aliphatic rings. The summed E-state index contributed by atoms with van der Waals surface area (Å²) >= 11 is -1.15. The maximum absolute atomic E-state index is 6.30. The Kier molecular flexibility index (Phi) is 11.1. The predicted molar refractivity (Wildman–Crippen MR) is 197 cm³/mol. The average Bonchev–Trinajstić information content (AvgIpc) is 3.19. The molecular weight excluding hydrogens is 728 g/mol. The third kappa shape index (κ3) is 7.29. The summed E-state index contributed by atoms with van der Waals surface area (Å²) in [7, 11) is 8.44. The number of methoxy groups -OCH3 is 1. The Morgan fingerprint density at radius 3 is 1.71 bits per heavy atom. The average molecular weight is 785 g/mol. The number of nitrogens with zero attached hydrogens (tertiary/aromatic N) is 2. The predicted octanol–water partition coefficient (Wildman–Crippen LogP) is 9.15. The molecule has 1 unspecified atom stereocenters. The van der Waals surface area contributed by atoms with Crippen LogP contribution in [-0.4, -0.2) is 43.4 Å². The molecule has 0 saturated carbocycles. The molecule has 3 aromatic carbocycles. The summed E-state index contributed by atoms with van der Waals surface area (Å²) in [5, 5.41) is 3.13. The first-order chi connectivity index (χ1) is 21.0. The van der Waals surface area contributed by atoms with E-state index in [0.717, 1.165) is 11.0 Å². The van der Waals surface area contributed by atoms with Gasteiger partial charge in [0.1, 0.15) is 0 Å². The van der Waals surface area contributed by atoms with Crippen molar-refractivity contribution in [3.63, 3.8) is 0 Å². The van der Waals surface area contributed by atoms with E-state index in [1.807, 2.05) is 7.11 Å². The summed E-state index contributed by atoms with van der Waals surface area (Å²) in [5.41, 5.74) is 11.3. The zero-order chi connectivity index (χ0) is 33.4. The maximum atomic E-state index is 6.30. The summed E-state index contributed by atoms with van der Waals surface area (Å²) in [6.45, 7) is 21.7. The van der Waals surface area contributed by atoms with Crippen LogP contribution >= 0.6 is 0 Å². The van der Waals surface area contributed by atoms with Gasteiger partial charge in [0.15, 0.2) is 0 Å². The van der Waals surface area contributed by atoms with Crippen molar-refractivity contribution < 1.29 is 35.9 Å². The van der Waals surface area contributed by atoms with Crippen LogP contribution in [0.2, 0.25) is 13.1 Å². The van der Waals surface area contributed by atoms with Crippen molar-refractivity contribution in [3.05, 3.63) is 101 Å². The normalized spacial score (nSPS) is 16.0. The van der Waals surface area contributed by atoms with Crippen molar-refractivity contribution in [3.8, 4) is 5.75 Å². The standard InChI is InChI=1S/C22H33OSi.2C9H12N.Lu/c1-14-11-18(22(5,6)7)20(23-8)19(12-14)24(9,10)21-16(3)13-15(2)17(21)4;2*1-8-6-4-5-7-9(8)10(2)3;/h11-12,16H,1-10H3;2*4-7H,1H2,2-3H3;. The van der Waals surface area contributed by atoms with Crippen molar-refractivity contribution in [1.82, 2.24) is 0 Å². The van der Waals surface area contributed by atoms with Gasteiger partial charge in [0, 0.05) is 0 Å². The van der Waals surface area contributed by atoms with E-state index in [-0.39, 0.29) is 5.41 Å². The van der Waals surface area contributed by atoms with E-state index in [1.54, 1.807) is 12.6 Å². The van der Waals surface area contributed by atoms with E-state index in [1.165, 1.54) is 44.4 Å². The molecule has 1 atom stereocenters. The molecule has 252 valence electrons. The van der Waals surface area contributed by atoms with E-state index in [2.05, 4.69) is 160 Å². The molecule has 3 aromatic rings. The van der Waals surface area contributed by atoms with Gasteiger partial charge in [-0.15, -0.1) is 0 Å². The number of hydrogen-bond acceptors (Lipinski definition) is 3. The number of hydrogen-bond donors (Lipinski definition) is 0. The Morgan fingerprint density at radius 2 is 1.27 bits per heavy atom. The fraction of sp³-hybridized carbons (Fsp3) is 0.450. The van der Waals surface area contributed by atoms with Gasteiger partial charge in [0.05, 0.1) is 0 Å². The Bertz CT molecular complexity index is 1560. The van der Waals surface area contributed by atoms with Gasteiger partial charge < -0.3 is 0 Å². The minimum atomic E-state index is -2.14. The summed E-state index contributed by atoms with van der Waals surface area (Å²) in [4.78, 5) is 4.57. The first kappa shape index (κ1) is 35.8. The van der Waals surface area contributed by atoms with Crippen molar-refractivity contribution in [2.75, 3.05) is 45.1 Å². The molecule has 0 saturated heterocycles. The summed E-state index contributed by atoms with van der Waals surface area (Å²) < 4.78 is 10.3. The number of para-hydroxylation sites is 2. The Balaban J connectivity index is 1.86. The van der Waals surface area contributed by atoms with Gasteiger partial charge in [-0.25, -0.2) is 0 Å². The molecule has 0 fully saturated rings. The number of anilines is 2. The third-order valence-corrected chi connectivity index (χ3v) is 18.3. The van der Waals surface area contributed by atoms with Crippen LogP contribution in [0, 0.1) is 44.0 Å². The molecule has 1 aliphatic carbocycles. The van der Waals surface area contributed by atoms with E-state index in [4.69, 9.17) is 4.74 Å². The molecule has 0 aromatic heterocycles. The molecule has 0 heterocycles. The Hall–Kier alpha value is -2.01. The van der Waals surface area contributed by atoms with Crippen LogP contribution < -0.4 is 19.7 Å². The van der Waals surface area contributed by atoms with Gasteiger partial charge in [0.25, 0.3) is 0 Å². The number of aryl methyl sites for hydroxylation is 1. The monoisotopic (exact) mass is 784 g/mol. The van der Waals surface area contributed by atoms with Crippen molar-refractivity contribution in [2.24, 2.45) is 5.92 Å². The summed E-state index contributed by atoms with van der Waals surface area (Å²) in [5.74, 6) is 1.53. The molecular formula is C40H57LuN2OSi. The van der Waals surface area contributed by atoms with Crippen molar-refractivity contribution in [2.45, 2.75) is 72.3 Å². The number of rotatable bonds is 10. The van der Waals surface area contributed by atoms with Crippen LogP contribution in [0.3, 0.4) is 0 Å². The molecule has 0 radical (unpaired) electrons. The zero-order valence-corrected chi connectivity index (χ0v) is 33.0. The van der Waals surface area contributed by atoms with Gasteiger partial charge in [-0.1, -0.05) is 0 Å². The van der Waals surface area contributed by atoms with Crippen LogP contribution in [0.25, 0.3) is 0 Å². The topological polar surface area (TPSA) is 15.7 Å². The van der Waals surface area contributed by atoms with E-state index in [9.17, 15) is 0 Å². The van der Waals surface area contributed by atoms with Crippen LogP contribution in [0.1, 0.15) is 63.8 Å². The van der Waals surface area contributed by atoms with Gasteiger partial charge in [0.2, 0.25) is 0 Å². The van der Waals surface area contributed by atoms with E-state index >= 15 is 0 Å². The number of ether oxygens (including phenoxy) is 1. The SMILES string of the molecule is COc1c(C(C)(C)C)cc(C)cc1[Si](C)(C)C1=C(C)C(C)=[C]([Lu]([CH2]c2ccccc2N(C)C)[CH2]c2ccccc2N(C)C)C1C. The first-order valence-electron chi connectivity index (χ1n) is 16.0. The van der Waals surface area contributed by atoms with Crippen molar-refractivity contribution in [1.29, 1.82) is 0 Å². The van der Waals surface area contributed by atoms with Crippen LogP contribution in [0.15, 0.2) is 78.8 Å². The summed E-state index contributed by atoms with van der Waals surface area (Å²) in [6, 6.07) is 22.9. The quantitative estimate of drug-likeness (QED) is 0.191. The molecule has 0 N–H and O–H groups in total. The third-order valence-electron chi connectivity index (χ3n) is 9.19. The molecule has 5 heteroatoms. The molecule has 0 aliphatic heterocycles. The molecule has 0 spiro atoms. The van der Waals surface area contributed by atoms with Gasteiger partial charge >= 0.3 is 291 Å². The number of benzene rings is 3. The van der Waals surface area contributed by atoms with E-state index < -0.39 is 39.2 Å².